The average molecular weight is 445 g/mol. The van der Waals surface area contributed by atoms with Crippen LogP contribution in [0.4, 0.5) is 10.5 Å². The molecule has 1 aliphatic carbocycles. The molecule has 6 heteroatoms. The first kappa shape index (κ1) is 22.4. The molecule has 0 radical (unpaired) electrons. The predicted molar refractivity (Wildman–Crippen MR) is 129 cm³/mol. The lowest BCUT2D eigenvalue weighted by molar-refractivity contribution is -0.141. The van der Waals surface area contributed by atoms with Crippen LogP contribution in [0.5, 0.6) is 0 Å². The molecule has 3 aromatic carbocycles. The number of carbonyl (C=O) groups excluding carboxylic acids is 1. The van der Waals surface area contributed by atoms with Gasteiger partial charge in [0, 0.05) is 32.2 Å². The van der Waals surface area contributed by atoms with E-state index >= 15 is 0 Å². The molecule has 170 valence electrons. The van der Waals surface area contributed by atoms with Gasteiger partial charge in [-0.25, -0.2) is 4.79 Å². The summed E-state index contributed by atoms with van der Waals surface area (Å²) in [5.41, 5.74) is 6.54. The number of fused-ring (bicyclic) bond motifs is 3. The largest absolute Gasteiger partial charge is 0.481 e. The predicted octanol–water partition coefficient (Wildman–Crippen LogP) is 4.53. The molecule has 6 nitrogen and oxygen atoms in total. The topological polar surface area (TPSA) is 78.9 Å². The Hall–Kier alpha value is -3.80. The maximum Gasteiger partial charge on any atom is 0.407 e. The van der Waals surface area contributed by atoms with Crippen LogP contribution in [-0.4, -0.2) is 44.4 Å². The lowest BCUT2D eigenvalue weighted by atomic mass is 9.98. The Bertz CT molecular complexity index is 1100. The number of carboxylic acids is 1. The molecule has 4 rings (SSSR count). The van der Waals surface area contributed by atoms with Crippen molar-refractivity contribution in [2.24, 2.45) is 5.92 Å². The number of carbonyl (C=O) groups is 2. The molecule has 0 heterocycles. The molecule has 0 saturated heterocycles. The first-order valence-electron chi connectivity index (χ1n) is 11.0. The molecule has 0 saturated carbocycles. The number of amides is 1. The van der Waals surface area contributed by atoms with E-state index in [2.05, 4.69) is 29.6 Å². The van der Waals surface area contributed by atoms with Crippen LogP contribution >= 0.6 is 0 Å². The van der Waals surface area contributed by atoms with Crippen LogP contribution in [0.3, 0.4) is 0 Å². The summed E-state index contributed by atoms with van der Waals surface area (Å²) in [5, 5.41) is 12.2. The van der Waals surface area contributed by atoms with E-state index in [1.165, 1.54) is 0 Å². The number of aliphatic carboxylic acids is 1. The van der Waals surface area contributed by atoms with E-state index < -0.39 is 18.0 Å². The number of benzene rings is 3. The van der Waals surface area contributed by atoms with Crippen LogP contribution in [0.2, 0.25) is 0 Å². The summed E-state index contributed by atoms with van der Waals surface area (Å²) in [7, 11) is 3.90. The van der Waals surface area contributed by atoms with Crippen molar-refractivity contribution in [3.05, 3.63) is 89.5 Å². The third kappa shape index (κ3) is 5.00. The Morgan fingerprint density at radius 1 is 0.939 bits per heavy atom. The van der Waals surface area contributed by atoms with Crippen molar-refractivity contribution < 1.29 is 19.4 Å². The van der Waals surface area contributed by atoms with Gasteiger partial charge in [0.05, 0.1) is 5.92 Å². The van der Waals surface area contributed by atoms with Gasteiger partial charge >= 0.3 is 12.1 Å². The van der Waals surface area contributed by atoms with Crippen LogP contribution in [0.15, 0.2) is 72.8 Å². The van der Waals surface area contributed by atoms with Crippen molar-refractivity contribution in [2.45, 2.75) is 12.3 Å². The Morgan fingerprint density at radius 3 is 2.06 bits per heavy atom. The fourth-order valence-corrected chi connectivity index (χ4v) is 4.32. The minimum absolute atomic E-state index is 0.00143. The number of anilines is 1. The lowest BCUT2D eigenvalue weighted by Gasteiger charge is -2.17. The van der Waals surface area contributed by atoms with Crippen molar-refractivity contribution in [1.82, 2.24) is 5.32 Å². The maximum absolute atomic E-state index is 12.4. The molecule has 0 unspecified atom stereocenters. The van der Waals surface area contributed by atoms with Gasteiger partial charge in [0.2, 0.25) is 0 Å². The zero-order valence-electron chi connectivity index (χ0n) is 18.8. The summed E-state index contributed by atoms with van der Waals surface area (Å²) in [5.74, 6) is -1.73. The van der Waals surface area contributed by atoms with Gasteiger partial charge in [0.15, 0.2) is 0 Å². The molecule has 0 aliphatic heterocycles. The van der Waals surface area contributed by atoms with Crippen LogP contribution in [0, 0.1) is 5.92 Å². The highest BCUT2D eigenvalue weighted by Crippen LogP contribution is 2.44. The van der Waals surface area contributed by atoms with Crippen molar-refractivity contribution >= 4 is 17.7 Å². The van der Waals surface area contributed by atoms with Crippen molar-refractivity contribution in [3.8, 4) is 11.1 Å². The highest BCUT2D eigenvalue weighted by Gasteiger charge is 2.29. The number of carboxylic acid groups (broad SMARTS) is 1. The van der Waals surface area contributed by atoms with Crippen molar-refractivity contribution in [1.29, 1.82) is 0 Å². The Labute approximate surface area is 193 Å². The zero-order chi connectivity index (χ0) is 23.4. The van der Waals surface area contributed by atoms with Gasteiger partial charge in [0.1, 0.15) is 6.61 Å². The Kier molecular flexibility index (Phi) is 6.63. The molecule has 3 aromatic rings. The average Bonchev–Trinajstić information content (AvgIpc) is 3.14. The quantitative estimate of drug-likeness (QED) is 0.534. The smallest absolute Gasteiger partial charge is 0.407 e. The Morgan fingerprint density at radius 2 is 1.52 bits per heavy atom. The molecule has 1 amide bonds. The normalized spacial score (nSPS) is 13.0. The maximum atomic E-state index is 12.4. The van der Waals surface area contributed by atoms with Crippen LogP contribution < -0.4 is 10.2 Å². The second-order valence-electron chi connectivity index (χ2n) is 8.51. The fourth-order valence-electron chi connectivity index (χ4n) is 4.32. The second kappa shape index (κ2) is 9.77. The summed E-state index contributed by atoms with van der Waals surface area (Å²) < 4.78 is 5.51. The second-order valence-corrected chi connectivity index (χ2v) is 8.51. The lowest BCUT2D eigenvalue weighted by Crippen LogP contribution is -2.35. The van der Waals surface area contributed by atoms with Gasteiger partial charge in [-0.1, -0.05) is 60.7 Å². The number of ether oxygens (including phenoxy) is 1. The van der Waals surface area contributed by atoms with Crippen LogP contribution in [0.25, 0.3) is 11.1 Å². The summed E-state index contributed by atoms with van der Waals surface area (Å²) in [6.07, 6.45) is -0.279. The third-order valence-corrected chi connectivity index (χ3v) is 6.12. The number of nitrogens with one attached hydrogen (secondary N) is 1. The van der Waals surface area contributed by atoms with E-state index in [4.69, 9.17) is 4.74 Å². The zero-order valence-corrected chi connectivity index (χ0v) is 18.8. The van der Waals surface area contributed by atoms with E-state index in [-0.39, 0.29) is 19.1 Å². The van der Waals surface area contributed by atoms with Crippen LogP contribution in [-0.2, 0) is 16.0 Å². The van der Waals surface area contributed by atoms with Crippen molar-refractivity contribution in [3.63, 3.8) is 0 Å². The van der Waals surface area contributed by atoms with Gasteiger partial charge in [-0.3, -0.25) is 4.79 Å². The molecule has 1 aliphatic rings. The first-order valence-corrected chi connectivity index (χ1v) is 11.0. The molecule has 33 heavy (non-hydrogen) atoms. The highest BCUT2D eigenvalue weighted by molar-refractivity contribution is 5.79. The minimum atomic E-state index is -0.953. The minimum Gasteiger partial charge on any atom is -0.481 e. The number of alkyl carbamates (subject to hydrolysis) is 1. The van der Waals surface area contributed by atoms with Gasteiger partial charge in [0.25, 0.3) is 0 Å². The first-order chi connectivity index (χ1) is 15.9. The van der Waals surface area contributed by atoms with E-state index in [1.54, 1.807) is 0 Å². The number of hydrogen-bond acceptors (Lipinski definition) is 4. The standard InChI is InChI=1S/C27H28N2O4/c1-29(2)20-13-11-18(12-14-20)15-19(26(30)31)16-28-27(32)33-17-25-23-9-5-3-7-21(23)22-8-4-6-10-24(22)25/h3-14,19,25H,15-17H2,1-2H3,(H,28,32)(H,30,31)/t19-/m0/s1. The number of rotatable bonds is 8. The monoisotopic (exact) mass is 444 g/mol. The molecule has 1 atom stereocenters. The number of hydrogen-bond donors (Lipinski definition) is 2. The molecular weight excluding hydrogens is 416 g/mol. The van der Waals surface area contributed by atoms with Crippen molar-refractivity contribution in [2.75, 3.05) is 32.1 Å². The van der Waals surface area contributed by atoms with E-state index in [0.717, 1.165) is 33.5 Å². The van der Waals surface area contributed by atoms with Crippen LogP contribution in [0.1, 0.15) is 22.6 Å². The van der Waals surface area contributed by atoms with Gasteiger partial charge in [-0.15, -0.1) is 0 Å². The highest BCUT2D eigenvalue weighted by atomic mass is 16.5. The molecular formula is C27H28N2O4. The van der Waals surface area contributed by atoms with E-state index in [0.29, 0.717) is 6.42 Å². The molecule has 0 fully saturated rings. The third-order valence-electron chi connectivity index (χ3n) is 6.12. The molecule has 0 spiro atoms. The Balaban J connectivity index is 1.34. The SMILES string of the molecule is CN(C)c1ccc(C[C@@H](CNC(=O)OCC2c3ccccc3-c3ccccc32)C(=O)O)cc1. The number of nitrogens with zero attached hydrogens (tertiary/aromatic N) is 1. The van der Waals surface area contributed by atoms with E-state index in [9.17, 15) is 14.7 Å². The van der Waals surface area contributed by atoms with Gasteiger partial charge < -0.3 is 20.1 Å². The molecule has 0 bridgehead atoms. The van der Waals surface area contributed by atoms with Gasteiger partial charge in [-0.2, -0.15) is 0 Å². The van der Waals surface area contributed by atoms with Gasteiger partial charge in [-0.05, 0) is 46.4 Å². The summed E-state index contributed by atoms with van der Waals surface area (Å²) in [6, 6.07) is 24.0. The summed E-state index contributed by atoms with van der Waals surface area (Å²) >= 11 is 0. The fraction of sp³-hybridized carbons (Fsp3) is 0.259. The summed E-state index contributed by atoms with van der Waals surface area (Å²) in [6.45, 7) is 0.199. The van der Waals surface area contributed by atoms with E-state index in [1.807, 2.05) is 67.5 Å². The summed E-state index contributed by atoms with van der Waals surface area (Å²) in [4.78, 5) is 26.1. The molecule has 2 N–H and O–H groups in total. The molecule has 0 aromatic heterocycles.